The van der Waals surface area contributed by atoms with Crippen LogP contribution in [0.25, 0.3) is 11.6 Å². The molecule has 0 unspecified atom stereocenters. The molecule has 0 bridgehead atoms. The summed E-state index contributed by atoms with van der Waals surface area (Å²) in [6.45, 7) is 5.29. The average molecular weight is 405 g/mol. The second kappa shape index (κ2) is 9.48. The molecule has 0 spiro atoms. The van der Waals surface area contributed by atoms with Crippen molar-refractivity contribution in [3.8, 4) is 0 Å². The van der Waals surface area contributed by atoms with Gasteiger partial charge in [0.1, 0.15) is 0 Å². The van der Waals surface area contributed by atoms with Crippen LogP contribution in [0.3, 0.4) is 0 Å². The van der Waals surface area contributed by atoms with Crippen LogP contribution in [0.5, 0.6) is 0 Å². The third-order valence-corrected chi connectivity index (χ3v) is 6.29. The number of para-hydroxylation sites is 2. The minimum atomic E-state index is -0.0257. The smallest absolute Gasteiger partial charge is 0.310 e. The molecule has 2 heterocycles. The molecule has 0 saturated carbocycles. The van der Waals surface area contributed by atoms with Gasteiger partial charge in [-0.25, -0.2) is 0 Å². The SMILES string of the molecule is CCOC(=O)[C@@H]1CCCN(CCCC2=Cc3ccccc3N(C)c3ccccc32)C1. The molecule has 2 aromatic rings. The van der Waals surface area contributed by atoms with Crippen molar-refractivity contribution < 1.29 is 9.53 Å². The first kappa shape index (κ1) is 20.7. The molecule has 2 aliphatic heterocycles. The number of anilines is 2. The third-order valence-electron chi connectivity index (χ3n) is 6.29. The number of allylic oxidation sites excluding steroid dienone is 1. The number of likely N-dealkylation sites (tertiary alicyclic amines) is 1. The van der Waals surface area contributed by atoms with Crippen LogP contribution in [-0.4, -0.2) is 44.2 Å². The summed E-state index contributed by atoms with van der Waals surface area (Å²) in [5, 5.41) is 0. The Balaban J connectivity index is 1.46. The van der Waals surface area contributed by atoms with Gasteiger partial charge in [0.2, 0.25) is 0 Å². The predicted molar refractivity (Wildman–Crippen MR) is 124 cm³/mol. The Hall–Kier alpha value is -2.59. The fourth-order valence-electron chi connectivity index (χ4n) is 4.76. The van der Waals surface area contributed by atoms with Crippen molar-refractivity contribution in [1.82, 2.24) is 4.90 Å². The summed E-state index contributed by atoms with van der Waals surface area (Å²) in [5.41, 5.74) is 6.48. The first-order valence-electron chi connectivity index (χ1n) is 11.2. The molecule has 4 rings (SSSR count). The highest BCUT2D eigenvalue weighted by molar-refractivity contribution is 5.94. The van der Waals surface area contributed by atoms with Crippen LogP contribution >= 0.6 is 0 Å². The maximum Gasteiger partial charge on any atom is 0.310 e. The Labute approximate surface area is 180 Å². The largest absolute Gasteiger partial charge is 0.466 e. The fourth-order valence-corrected chi connectivity index (χ4v) is 4.76. The number of hydrogen-bond donors (Lipinski definition) is 0. The zero-order valence-electron chi connectivity index (χ0n) is 18.1. The minimum Gasteiger partial charge on any atom is -0.466 e. The lowest BCUT2D eigenvalue weighted by Gasteiger charge is -2.31. The molecule has 30 heavy (non-hydrogen) atoms. The van der Waals surface area contributed by atoms with Crippen LogP contribution in [0.1, 0.15) is 43.7 Å². The van der Waals surface area contributed by atoms with Crippen molar-refractivity contribution in [1.29, 1.82) is 0 Å². The van der Waals surface area contributed by atoms with E-state index in [1.165, 1.54) is 28.1 Å². The van der Waals surface area contributed by atoms with Gasteiger partial charge in [0.05, 0.1) is 12.5 Å². The van der Waals surface area contributed by atoms with Crippen molar-refractivity contribution >= 4 is 29.0 Å². The molecule has 4 nitrogen and oxygen atoms in total. The van der Waals surface area contributed by atoms with Crippen molar-refractivity contribution in [2.24, 2.45) is 5.92 Å². The number of hydrogen-bond acceptors (Lipinski definition) is 4. The lowest BCUT2D eigenvalue weighted by atomic mass is 9.96. The van der Waals surface area contributed by atoms with E-state index in [1.54, 1.807) is 0 Å². The highest BCUT2D eigenvalue weighted by atomic mass is 16.5. The van der Waals surface area contributed by atoms with Crippen LogP contribution in [0, 0.1) is 5.92 Å². The molecule has 0 radical (unpaired) electrons. The summed E-state index contributed by atoms with van der Waals surface area (Å²) < 4.78 is 5.25. The summed E-state index contributed by atoms with van der Waals surface area (Å²) in [6.07, 6.45) is 6.50. The van der Waals surface area contributed by atoms with Gasteiger partial charge >= 0.3 is 5.97 Å². The van der Waals surface area contributed by atoms with Crippen LogP contribution < -0.4 is 4.90 Å². The number of piperidine rings is 1. The molecule has 0 N–H and O–H groups in total. The van der Waals surface area contributed by atoms with Crippen LogP contribution in [0.4, 0.5) is 11.4 Å². The highest BCUT2D eigenvalue weighted by Crippen LogP contribution is 2.40. The Kier molecular flexibility index (Phi) is 6.53. The number of benzene rings is 2. The van der Waals surface area contributed by atoms with Gasteiger partial charge in [0, 0.05) is 30.5 Å². The van der Waals surface area contributed by atoms with Crippen molar-refractivity contribution in [2.45, 2.75) is 32.6 Å². The van der Waals surface area contributed by atoms with Gasteiger partial charge in [-0.3, -0.25) is 4.79 Å². The second-order valence-corrected chi connectivity index (χ2v) is 8.30. The lowest BCUT2D eigenvalue weighted by Crippen LogP contribution is -2.39. The number of nitrogens with zero attached hydrogens (tertiary/aromatic N) is 2. The summed E-state index contributed by atoms with van der Waals surface area (Å²) in [5.74, 6) is 0.0132. The third kappa shape index (κ3) is 4.44. The maximum absolute atomic E-state index is 12.1. The molecule has 0 aliphatic carbocycles. The number of ether oxygens (including phenoxy) is 1. The number of carbonyl (C=O) groups excluding carboxylic acids is 1. The number of esters is 1. The summed E-state index contributed by atoms with van der Waals surface area (Å²) >= 11 is 0. The number of carbonyl (C=O) groups is 1. The molecule has 158 valence electrons. The molecular weight excluding hydrogens is 372 g/mol. The average Bonchev–Trinajstić information content (AvgIpc) is 2.90. The summed E-state index contributed by atoms with van der Waals surface area (Å²) in [7, 11) is 2.15. The predicted octanol–water partition coefficient (Wildman–Crippen LogP) is 5.36. The van der Waals surface area contributed by atoms with E-state index in [1.807, 2.05) is 6.92 Å². The van der Waals surface area contributed by atoms with E-state index < -0.39 is 0 Å². The van der Waals surface area contributed by atoms with Gasteiger partial charge in [0.15, 0.2) is 0 Å². The molecule has 0 amide bonds. The highest BCUT2D eigenvalue weighted by Gasteiger charge is 2.26. The zero-order chi connectivity index (χ0) is 20.9. The molecule has 0 aromatic heterocycles. The van der Waals surface area contributed by atoms with Crippen LogP contribution in [0.15, 0.2) is 48.5 Å². The molecule has 1 atom stereocenters. The fraction of sp³-hybridized carbons (Fsp3) is 0.423. The Morgan fingerprint density at radius 2 is 1.87 bits per heavy atom. The van der Waals surface area contributed by atoms with Crippen LogP contribution in [0.2, 0.25) is 0 Å². The first-order valence-corrected chi connectivity index (χ1v) is 11.2. The Morgan fingerprint density at radius 1 is 1.10 bits per heavy atom. The molecule has 2 aliphatic rings. The molecule has 1 saturated heterocycles. The topological polar surface area (TPSA) is 32.8 Å². The van der Waals surface area contributed by atoms with E-state index >= 15 is 0 Å². The minimum absolute atomic E-state index is 0.0257. The van der Waals surface area contributed by atoms with E-state index in [0.717, 1.165) is 45.3 Å². The van der Waals surface area contributed by atoms with Gasteiger partial charge in [-0.2, -0.15) is 0 Å². The normalized spacial score (nSPS) is 18.8. The van der Waals surface area contributed by atoms with Crippen molar-refractivity contribution in [2.75, 3.05) is 38.2 Å². The van der Waals surface area contributed by atoms with Gasteiger partial charge in [-0.1, -0.05) is 36.4 Å². The molecular formula is C26H32N2O2. The Bertz CT molecular complexity index is 921. The zero-order valence-corrected chi connectivity index (χ0v) is 18.1. The van der Waals surface area contributed by atoms with E-state index in [9.17, 15) is 4.79 Å². The van der Waals surface area contributed by atoms with E-state index in [-0.39, 0.29) is 11.9 Å². The van der Waals surface area contributed by atoms with Gasteiger partial charge in [0.25, 0.3) is 0 Å². The summed E-state index contributed by atoms with van der Waals surface area (Å²) in [6, 6.07) is 17.3. The van der Waals surface area contributed by atoms with Gasteiger partial charge in [-0.05, 0) is 75.0 Å². The van der Waals surface area contributed by atoms with Crippen molar-refractivity contribution in [3.63, 3.8) is 0 Å². The standard InChI is InChI=1S/C26H32N2O2/c1-3-30-26(29)22-12-9-17-28(19-22)16-8-11-20-18-21-10-4-6-14-24(21)27(2)25-15-7-5-13-23(20)25/h4-7,10,13-15,18,22H,3,8-9,11-12,16-17,19H2,1-2H3/t22-/m1/s1. The molecule has 4 heteroatoms. The van der Waals surface area contributed by atoms with E-state index in [4.69, 9.17) is 4.74 Å². The van der Waals surface area contributed by atoms with Gasteiger partial charge < -0.3 is 14.5 Å². The second-order valence-electron chi connectivity index (χ2n) is 8.30. The Morgan fingerprint density at radius 3 is 2.70 bits per heavy atom. The molecule has 2 aromatic carbocycles. The summed E-state index contributed by atoms with van der Waals surface area (Å²) in [4.78, 5) is 16.9. The van der Waals surface area contributed by atoms with E-state index in [0.29, 0.717) is 6.61 Å². The first-order chi connectivity index (χ1) is 14.7. The maximum atomic E-state index is 12.1. The molecule has 1 fully saturated rings. The van der Waals surface area contributed by atoms with Gasteiger partial charge in [-0.15, -0.1) is 0 Å². The number of fused-ring (bicyclic) bond motifs is 2. The van der Waals surface area contributed by atoms with Crippen molar-refractivity contribution in [3.05, 3.63) is 59.7 Å². The monoisotopic (exact) mass is 404 g/mol. The lowest BCUT2D eigenvalue weighted by molar-refractivity contribution is -0.149. The number of rotatable bonds is 6. The quantitative estimate of drug-likeness (QED) is 0.607. The van der Waals surface area contributed by atoms with Crippen LogP contribution in [-0.2, 0) is 9.53 Å². The van der Waals surface area contributed by atoms with E-state index in [2.05, 4.69) is 71.5 Å².